The van der Waals surface area contributed by atoms with Crippen molar-refractivity contribution in [3.63, 3.8) is 0 Å². The van der Waals surface area contributed by atoms with Gasteiger partial charge in [-0.05, 0) is 31.0 Å². The second kappa shape index (κ2) is 7.14. The van der Waals surface area contributed by atoms with Crippen molar-refractivity contribution in [3.8, 4) is 0 Å². The molecular weight excluding hydrogens is 274 g/mol. The van der Waals surface area contributed by atoms with E-state index in [2.05, 4.69) is 41.0 Å². The average Bonchev–Trinajstić information content (AvgIpc) is 2.59. The van der Waals surface area contributed by atoms with Crippen LogP contribution in [0.1, 0.15) is 25.3 Å². The molecule has 0 bridgehead atoms. The lowest BCUT2D eigenvalue weighted by Gasteiger charge is -2.35. The first-order chi connectivity index (χ1) is 10.8. The summed E-state index contributed by atoms with van der Waals surface area (Å²) in [6.45, 7) is 9.03. The van der Waals surface area contributed by atoms with Gasteiger partial charge >= 0.3 is 0 Å². The van der Waals surface area contributed by atoms with Crippen molar-refractivity contribution in [1.29, 1.82) is 0 Å². The predicted octanol–water partition coefficient (Wildman–Crippen LogP) is 1.99. The van der Waals surface area contributed by atoms with E-state index in [4.69, 9.17) is 0 Å². The molecule has 1 fully saturated rings. The van der Waals surface area contributed by atoms with Gasteiger partial charge in [-0.25, -0.2) is 0 Å². The van der Waals surface area contributed by atoms with E-state index in [1.54, 1.807) is 0 Å². The fourth-order valence-corrected chi connectivity index (χ4v) is 3.55. The molecule has 0 saturated carbocycles. The van der Waals surface area contributed by atoms with Gasteiger partial charge in [0, 0.05) is 51.4 Å². The minimum absolute atomic E-state index is 0.318. The van der Waals surface area contributed by atoms with Crippen molar-refractivity contribution in [2.24, 2.45) is 0 Å². The predicted molar refractivity (Wildman–Crippen MR) is 90.3 cm³/mol. The monoisotopic (exact) mass is 301 g/mol. The molecule has 1 aromatic carbocycles. The van der Waals surface area contributed by atoms with Gasteiger partial charge in [-0.3, -0.25) is 4.79 Å². The van der Waals surface area contributed by atoms with Crippen LogP contribution in [0.15, 0.2) is 24.3 Å². The fraction of sp³-hybridized carbons (Fsp3) is 0.611. The number of aryl methyl sites for hydroxylation is 1. The quantitative estimate of drug-likeness (QED) is 0.851. The Labute approximate surface area is 133 Å². The first kappa shape index (κ1) is 15.3. The van der Waals surface area contributed by atoms with E-state index in [9.17, 15) is 4.79 Å². The first-order valence-corrected chi connectivity index (χ1v) is 8.61. The molecule has 0 N–H and O–H groups in total. The lowest BCUT2D eigenvalue weighted by Crippen LogP contribution is -2.49. The van der Waals surface area contributed by atoms with Gasteiger partial charge in [0.1, 0.15) is 0 Å². The van der Waals surface area contributed by atoms with E-state index in [0.717, 1.165) is 45.8 Å². The molecule has 1 aromatic rings. The third-order valence-electron chi connectivity index (χ3n) is 4.97. The molecule has 0 unspecified atom stereocenters. The Bertz CT molecular complexity index is 509. The summed E-state index contributed by atoms with van der Waals surface area (Å²) < 4.78 is 0. The van der Waals surface area contributed by atoms with Crippen LogP contribution in [-0.4, -0.2) is 61.5 Å². The fourth-order valence-electron chi connectivity index (χ4n) is 3.55. The molecule has 0 atom stereocenters. The second-order valence-electron chi connectivity index (χ2n) is 6.28. The van der Waals surface area contributed by atoms with Gasteiger partial charge in [0.25, 0.3) is 0 Å². The number of likely N-dealkylation sites (N-methyl/N-ethyl adjacent to an activating group) is 1. The normalized spacial score (nSPS) is 19.1. The molecule has 4 heteroatoms. The molecule has 3 rings (SSSR count). The van der Waals surface area contributed by atoms with Crippen LogP contribution in [0.2, 0.25) is 0 Å². The summed E-state index contributed by atoms with van der Waals surface area (Å²) in [6, 6.07) is 8.62. The lowest BCUT2D eigenvalue weighted by atomic mass is 10.0. The summed E-state index contributed by atoms with van der Waals surface area (Å²) in [7, 11) is 0. The zero-order valence-electron chi connectivity index (χ0n) is 13.6. The van der Waals surface area contributed by atoms with Crippen molar-refractivity contribution in [2.45, 2.75) is 26.2 Å². The number of rotatable bonds is 4. The van der Waals surface area contributed by atoms with Gasteiger partial charge in [0.05, 0.1) is 0 Å². The SMILES string of the molecule is CCN1CCN(C(=O)CCN2CCCc3ccccc32)CC1. The number of para-hydroxylation sites is 1. The topological polar surface area (TPSA) is 26.8 Å². The molecule has 4 nitrogen and oxygen atoms in total. The highest BCUT2D eigenvalue weighted by Crippen LogP contribution is 2.26. The molecular formula is C18H27N3O. The maximum absolute atomic E-state index is 12.4. The molecule has 2 aliphatic rings. The van der Waals surface area contributed by atoms with Crippen molar-refractivity contribution >= 4 is 11.6 Å². The Hall–Kier alpha value is -1.55. The Balaban J connectivity index is 1.52. The van der Waals surface area contributed by atoms with Crippen LogP contribution in [0.25, 0.3) is 0 Å². The molecule has 22 heavy (non-hydrogen) atoms. The highest BCUT2D eigenvalue weighted by atomic mass is 16.2. The van der Waals surface area contributed by atoms with Crippen molar-refractivity contribution in [2.75, 3.05) is 50.7 Å². The minimum atomic E-state index is 0.318. The molecule has 0 aromatic heterocycles. The van der Waals surface area contributed by atoms with E-state index in [1.165, 1.54) is 24.1 Å². The van der Waals surface area contributed by atoms with E-state index in [0.29, 0.717) is 12.3 Å². The lowest BCUT2D eigenvalue weighted by molar-refractivity contribution is -0.132. The van der Waals surface area contributed by atoms with Crippen molar-refractivity contribution in [3.05, 3.63) is 29.8 Å². The number of carbonyl (C=O) groups excluding carboxylic acids is 1. The Morgan fingerprint density at radius 1 is 1.09 bits per heavy atom. The molecule has 2 aliphatic heterocycles. The van der Waals surface area contributed by atoms with Gasteiger partial charge in [-0.15, -0.1) is 0 Å². The maximum Gasteiger partial charge on any atom is 0.224 e. The molecule has 2 heterocycles. The molecule has 120 valence electrons. The van der Waals surface area contributed by atoms with Gasteiger partial charge in [0.2, 0.25) is 5.91 Å². The van der Waals surface area contributed by atoms with Crippen LogP contribution >= 0.6 is 0 Å². The molecule has 0 aliphatic carbocycles. The third-order valence-corrected chi connectivity index (χ3v) is 4.97. The number of piperazine rings is 1. The van der Waals surface area contributed by atoms with Gasteiger partial charge in [-0.1, -0.05) is 25.1 Å². The van der Waals surface area contributed by atoms with Gasteiger partial charge < -0.3 is 14.7 Å². The Kier molecular flexibility index (Phi) is 4.98. The number of fused-ring (bicyclic) bond motifs is 1. The number of amides is 1. The summed E-state index contributed by atoms with van der Waals surface area (Å²) in [5, 5.41) is 0. The second-order valence-corrected chi connectivity index (χ2v) is 6.28. The molecule has 1 saturated heterocycles. The smallest absolute Gasteiger partial charge is 0.224 e. The highest BCUT2D eigenvalue weighted by Gasteiger charge is 2.22. The third kappa shape index (κ3) is 3.43. The van der Waals surface area contributed by atoms with Crippen molar-refractivity contribution < 1.29 is 4.79 Å². The summed E-state index contributed by atoms with van der Waals surface area (Å²) in [5.41, 5.74) is 2.76. The van der Waals surface area contributed by atoms with Crippen LogP contribution in [0.4, 0.5) is 5.69 Å². The number of carbonyl (C=O) groups is 1. The standard InChI is InChI=1S/C18H27N3O/c1-2-19-12-14-21(15-13-19)18(22)9-11-20-10-5-7-16-6-3-4-8-17(16)20/h3-4,6,8H,2,5,7,9-15H2,1H3. The van der Waals surface area contributed by atoms with E-state index >= 15 is 0 Å². The highest BCUT2D eigenvalue weighted by molar-refractivity contribution is 5.77. The van der Waals surface area contributed by atoms with E-state index in [-0.39, 0.29) is 0 Å². The number of hydrogen-bond acceptors (Lipinski definition) is 3. The zero-order valence-corrected chi connectivity index (χ0v) is 13.6. The van der Waals surface area contributed by atoms with Crippen molar-refractivity contribution in [1.82, 2.24) is 9.80 Å². The molecule has 0 radical (unpaired) electrons. The molecule has 1 amide bonds. The summed E-state index contributed by atoms with van der Waals surface area (Å²) in [5.74, 6) is 0.318. The maximum atomic E-state index is 12.4. The summed E-state index contributed by atoms with van der Waals surface area (Å²) in [6.07, 6.45) is 3.00. The van der Waals surface area contributed by atoms with E-state index in [1.807, 2.05) is 4.90 Å². The number of anilines is 1. The van der Waals surface area contributed by atoms with Crippen LogP contribution in [-0.2, 0) is 11.2 Å². The van der Waals surface area contributed by atoms with Crippen LogP contribution < -0.4 is 4.90 Å². The van der Waals surface area contributed by atoms with Crippen LogP contribution in [0, 0.1) is 0 Å². The van der Waals surface area contributed by atoms with Gasteiger partial charge in [-0.2, -0.15) is 0 Å². The Morgan fingerprint density at radius 3 is 2.64 bits per heavy atom. The average molecular weight is 301 g/mol. The Morgan fingerprint density at radius 2 is 1.86 bits per heavy atom. The summed E-state index contributed by atoms with van der Waals surface area (Å²) in [4.78, 5) is 19.3. The number of nitrogens with zero attached hydrogens (tertiary/aromatic N) is 3. The molecule has 0 spiro atoms. The van der Waals surface area contributed by atoms with E-state index < -0.39 is 0 Å². The first-order valence-electron chi connectivity index (χ1n) is 8.61. The van der Waals surface area contributed by atoms with Crippen LogP contribution in [0.5, 0.6) is 0 Å². The number of benzene rings is 1. The van der Waals surface area contributed by atoms with Gasteiger partial charge in [0.15, 0.2) is 0 Å². The van der Waals surface area contributed by atoms with Crippen LogP contribution in [0.3, 0.4) is 0 Å². The zero-order chi connectivity index (χ0) is 15.4. The summed E-state index contributed by atoms with van der Waals surface area (Å²) >= 11 is 0. The number of hydrogen-bond donors (Lipinski definition) is 0. The minimum Gasteiger partial charge on any atom is -0.371 e. The largest absolute Gasteiger partial charge is 0.371 e.